The number of halogens is 3. The molecule has 0 bridgehead atoms. The Balaban J connectivity index is 2.00. The molecular weight excluding hydrogens is 237 g/mol. The molecule has 0 saturated carbocycles. The Hall–Kier alpha value is -0.820. The summed E-state index contributed by atoms with van der Waals surface area (Å²) >= 11 is 0. The average molecular weight is 254 g/mol. The van der Waals surface area contributed by atoms with Crippen LogP contribution in [0.4, 0.5) is 13.2 Å². The quantitative estimate of drug-likeness (QED) is 0.712. The van der Waals surface area contributed by atoms with Crippen LogP contribution in [0.15, 0.2) is 0 Å². The highest BCUT2D eigenvalue weighted by atomic mass is 19.4. The van der Waals surface area contributed by atoms with Gasteiger partial charge in [0.25, 0.3) is 0 Å². The van der Waals surface area contributed by atoms with E-state index in [1.54, 1.807) is 11.9 Å². The number of likely N-dealkylation sites (N-methyl/N-ethyl adjacent to an activating group) is 1. The number of rotatable bonds is 6. The molecule has 0 spiro atoms. The standard InChI is InChI=1S/C10H17F3N2O2/c1-15-5-3-8(9(15)16)14-4-2-6-17-7-10(11,12)13/h8,14H,2-7H2,1H3. The highest BCUT2D eigenvalue weighted by Crippen LogP contribution is 2.14. The van der Waals surface area contributed by atoms with Crippen molar-refractivity contribution in [3.8, 4) is 0 Å². The molecule has 7 heteroatoms. The summed E-state index contributed by atoms with van der Waals surface area (Å²) in [6, 6.07) is -0.192. The summed E-state index contributed by atoms with van der Waals surface area (Å²) in [4.78, 5) is 13.1. The Morgan fingerprint density at radius 1 is 1.53 bits per heavy atom. The van der Waals surface area contributed by atoms with Gasteiger partial charge in [-0.25, -0.2) is 0 Å². The van der Waals surface area contributed by atoms with Crippen molar-refractivity contribution in [1.29, 1.82) is 0 Å². The lowest BCUT2D eigenvalue weighted by molar-refractivity contribution is -0.173. The second-order valence-corrected chi connectivity index (χ2v) is 4.08. The van der Waals surface area contributed by atoms with E-state index in [1.165, 1.54) is 0 Å². The number of nitrogens with zero attached hydrogens (tertiary/aromatic N) is 1. The fourth-order valence-electron chi connectivity index (χ4n) is 1.65. The smallest absolute Gasteiger partial charge is 0.372 e. The van der Waals surface area contributed by atoms with Crippen LogP contribution in [0.25, 0.3) is 0 Å². The van der Waals surface area contributed by atoms with Gasteiger partial charge in [0.2, 0.25) is 5.91 Å². The molecule has 0 aromatic rings. The van der Waals surface area contributed by atoms with E-state index >= 15 is 0 Å². The zero-order chi connectivity index (χ0) is 12.9. The van der Waals surface area contributed by atoms with Gasteiger partial charge in [-0.15, -0.1) is 0 Å². The molecule has 0 radical (unpaired) electrons. The number of carbonyl (C=O) groups is 1. The normalized spacial score (nSPS) is 21.3. The molecule has 1 aliphatic heterocycles. The Bertz CT molecular complexity index is 258. The molecule has 17 heavy (non-hydrogen) atoms. The van der Waals surface area contributed by atoms with Gasteiger partial charge in [-0.1, -0.05) is 0 Å². The maximum atomic E-state index is 11.7. The van der Waals surface area contributed by atoms with Gasteiger partial charge in [-0.3, -0.25) is 4.79 Å². The predicted molar refractivity (Wildman–Crippen MR) is 55.5 cm³/mol. The Kier molecular flexibility index (Phi) is 5.20. The maximum Gasteiger partial charge on any atom is 0.411 e. The highest BCUT2D eigenvalue weighted by Gasteiger charge is 2.28. The third kappa shape index (κ3) is 5.36. The van der Waals surface area contributed by atoms with Gasteiger partial charge < -0.3 is 15.0 Å². The first-order chi connectivity index (χ1) is 7.90. The predicted octanol–water partition coefficient (Wildman–Crippen LogP) is 0.776. The number of carbonyl (C=O) groups excluding carboxylic acids is 1. The van der Waals surface area contributed by atoms with Crippen molar-refractivity contribution >= 4 is 5.91 Å². The first kappa shape index (κ1) is 14.2. The van der Waals surface area contributed by atoms with Crippen LogP contribution in [0.1, 0.15) is 12.8 Å². The fraction of sp³-hybridized carbons (Fsp3) is 0.900. The molecule has 4 nitrogen and oxygen atoms in total. The number of likely N-dealkylation sites (tertiary alicyclic amines) is 1. The number of ether oxygens (including phenoxy) is 1. The molecule has 1 aliphatic rings. The first-order valence-corrected chi connectivity index (χ1v) is 5.53. The molecule has 0 aliphatic carbocycles. The van der Waals surface area contributed by atoms with Gasteiger partial charge in [0.05, 0.1) is 6.04 Å². The van der Waals surface area contributed by atoms with Crippen LogP contribution in [0.2, 0.25) is 0 Å². The number of alkyl halides is 3. The number of hydrogen-bond donors (Lipinski definition) is 1. The van der Waals surface area contributed by atoms with Crippen molar-refractivity contribution in [2.24, 2.45) is 0 Å². The minimum Gasteiger partial charge on any atom is -0.372 e. The third-order valence-electron chi connectivity index (χ3n) is 2.55. The topological polar surface area (TPSA) is 41.6 Å². The van der Waals surface area contributed by atoms with Crippen LogP contribution < -0.4 is 5.32 Å². The maximum absolute atomic E-state index is 11.7. The van der Waals surface area contributed by atoms with Gasteiger partial charge in [0, 0.05) is 20.2 Å². The van der Waals surface area contributed by atoms with Gasteiger partial charge >= 0.3 is 6.18 Å². The fourth-order valence-corrected chi connectivity index (χ4v) is 1.65. The molecule has 1 amide bonds. The minimum atomic E-state index is -4.27. The second-order valence-electron chi connectivity index (χ2n) is 4.08. The Morgan fingerprint density at radius 3 is 2.76 bits per heavy atom. The number of hydrogen-bond acceptors (Lipinski definition) is 3. The molecule has 0 aromatic carbocycles. The van der Waals surface area contributed by atoms with Crippen molar-refractivity contribution in [2.75, 3.05) is 33.4 Å². The van der Waals surface area contributed by atoms with Gasteiger partial charge in [-0.05, 0) is 19.4 Å². The van der Waals surface area contributed by atoms with Crippen LogP contribution in [0.5, 0.6) is 0 Å². The monoisotopic (exact) mass is 254 g/mol. The van der Waals surface area contributed by atoms with Crippen molar-refractivity contribution in [2.45, 2.75) is 25.1 Å². The molecule has 0 aromatic heterocycles. The van der Waals surface area contributed by atoms with Gasteiger partial charge in [-0.2, -0.15) is 13.2 Å². The molecule has 1 atom stereocenters. The summed E-state index contributed by atoms with van der Waals surface area (Å²) in [6.45, 7) is 0.0462. The van der Waals surface area contributed by atoms with E-state index in [4.69, 9.17) is 0 Å². The van der Waals surface area contributed by atoms with Crippen molar-refractivity contribution in [3.63, 3.8) is 0 Å². The number of amides is 1. The average Bonchev–Trinajstić information content (AvgIpc) is 2.53. The lowest BCUT2D eigenvalue weighted by atomic mass is 10.2. The summed E-state index contributed by atoms with van der Waals surface area (Å²) in [6.07, 6.45) is -3.06. The summed E-state index contributed by atoms with van der Waals surface area (Å²) in [5, 5.41) is 3.01. The molecule has 1 heterocycles. The van der Waals surface area contributed by atoms with Crippen molar-refractivity contribution in [3.05, 3.63) is 0 Å². The summed E-state index contributed by atoms with van der Waals surface area (Å²) in [7, 11) is 1.73. The Morgan fingerprint density at radius 2 is 2.24 bits per heavy atom. The molecule has 1 fully saturated rings. The van der Waals surface area contributed by atoms with E-state index in [2.05, 4.69) is 10.1 Å². The Labute approximate surface area is 98.1 Å². The number of nitrogens with one attached hydrogen (secondary N) is 1. The van der Waals surface area contributed by atoms with Crippen molar-refractivity contribution in [1.82, 2.24) is 10.2 Å². The van der Waals surface area contributed by atoms with E-state index in [1.807, 2.05) is 0 Å². The first-order valence-electron chi connectivity index (χ1n) is 5.53. The van der Waals surface area contributed by atoms with E-state index < -0.39 is 12.8 Å². The van der Waals surface area contributed by atoms with Crippen LogP contribution >= 0.6 is 0 Å². The summed E-state index contributed by atoms with van der Waals surface area (Å²) in [5.41, 5.74) is 0. The zero-order valence-corrected chi connectivity index (χ0v) is 9.72. The molecule has 1 N–H and O–H groups in total. The molecule has 1 saturated heterocycles. The SMILES string of the molecule is CN1CCC(NCCCOCC(F)(F)F)C1=O. The molecular formula is C10H17F3N2O2. The lowest BCUT2D eigenvalue weighted by Gasteiger charge is -2.12. The van der Waals surface area contributed by atoms with E-state index in [0.717, 1.165) is 13.0 Å². The molecule has 1 unspecified atom stereocenters. The highest BCUT2D eigenvalue weighted by molar-refractivity contribution is 5.83. The van der Waals surface area contributed by atoms with Gasteiger partial charge in [0.15, 0.2) is 0 Å². The second kappa shape index (κ2) is 6.20. The molecule has 100 valence electrons. The van der Waals surface area contributed by atoms with Gasteiger partial charge in [0.1, 0.15) is 6.61 Å². The third-order valence-corrected chi connectivity index (χ3v) is 2.55. The zero-order valence-electron chi connectivity index (χ0n) is 9.72. The van der Waals surface area contributed by atoms with Crippen LogP contribution in [0.3, 0.4) is 0 Å². The summed E-state index contributed by atoms with van der Waals surface area (Å²) < 4.78 is 39.6. The van der Waals surface area contributed by atoms with Crippen LogP contribution in [-0.2, 0) is 9.53 Å². The van der Waals surface area contributed by atoms with Crippen molar-refractivity contribution < 1.29 is 22.7 Å². The lowest BCUT2D eigenvalue weighted by Crippen LogP contribution is -2.37. The molecule has 1 rings (SSSR count). The van der Waals surface area contributed by atoms with E-state index in [-0.39, 0.29) is 18.6 Å². The minimum absolute atomic E-state index is 0.0428. The van der Waals surface area contributed by atoms with Crippen LogP contribution in [-0.4, -0.2) is 56.4 Å². The van der Waals surface area contributed by atoms with E-state index in [9.17, 15) is 18.0 Å². The van der Waals surface area contributed by atoms with E-state index in [0.29, 0.717) is 13.0 Å². The largest absolute Gasteiger partial charge is 0.411 e. The summed E-state index contributed by atoms with van der Waals surface area (Å²) in [5.74, 6) is 0.0428. The van der Waals surface area contributed by atoms with Crippen LogP contribution in [0, 0.1) is 0 Å².